The first-order chi connectivity index (χ1) is 13.0. The molecular formula is C18H25N7O2. The molecule has 0 bridgehead atoms. The molecule has 9 nitrogen and oxygen atoms in total. The van der Waals surface area contributed by atoms with Crippen LogP contribution in [-0.4, -0.2) is 51.3 Å². The molecule has 2 saturated heterocycles. The van der Waals surface area contributed by atoms with Crippen LogP contribution in [0.15, 0.2) is 17.1 Å². The Hall–Kier alpha value is -2.70. The van der Waals surface area contributed by atoms with E-state index in [-0.39, 0.29) is 23.2 Å². The van der Waals surface area contributed by atoms with E-state index < -0.39 is 0 Å². The summed E-state index contributed by atoms with van der Waals surface area (Å²) >= 11 is 0. The number of piperidine rings is 1. The Morgan fingerprint density at radius 2 is 2.19 bits per heavy atom. The quantitative estimate of drug-likeness (QED) is 0.629. The van der Waals surface area contributed by atoms with E-state index in [2.05, 4.69) is 27.9 Å². The van der Waals surface area contributed by atoms with Gasteiger partial charge in [0, 0.05) is 18.3 Å². The number of nitrogens with zero attached hydrogens (tertiary/aromatic N) is 3. The van der Waals surface area contributed by atoms with Crippen LogP contribution in [0.1, 0.15) is 25.8 Å². The second-order valence-corrected chi connectivity index (χ2v) is 7.70. The molecule has 2 fully saturated rings. The van der Waals surface area contributed by atoms with Gasteiger partial charge in [0.15, 0.2) is 0 Å². The number of aromatic nitrogens is 3. The fourth-order valence-electron chi connectivity index (χ4n) is 4.34. The molecule has 6 N–H and O–H groups in total. The van der Waals surface area contributed by atoms with E-state index in [1.54, 1.807) is 10.8 Å². The minimum Gasteiger partial charge on any atom is -0.385 e. The van der Waals surface area contributed by atoms with Crippen molar-refractivity contribution in [2.45, 2.75) is 31.3 Å². The van der Waals surface area contributed by atoms with Gasteiger partial charge >= 0.3 is 5.69 Å². The van der Waals surface area contributed by atoms with Gasteiger partial charge in [0.2, 0.25) is 0 Å². The summed E-state index contributed by atoms with van der Waals surface area (Å²) in [6.07, 6.45) is 3.09. The van der Waals surface area contributed by atoms with Crippen molar-refractivity contribution >= 4 is 11.6 Å². The first kappa shape index (κ1) is 17.7. The largest absolute Gasteiger partial charge is 0.385 e. The second-order valence-electron chi connectivity index (χ2n) is 7.70. The number of rotatable bonds is 4. The van der Waals surface area contributed by atoms with E-state index in [1.165, 1.54) is 0 Å². The maximum absolute atomic E-state index is 12.8. The summed E-state index contributed by atoms with van der Waals surface area (Å²) < 4.78 is 7.17. The second kappa shape index (κ2) is 6.48. The van der Waals surface area contributed by atoms with Gasteiger partial charge < -0.3 is 21.2 Å². The lowest BCUT2D eigenvalue weighted by molar-refractivity contribution is -0.150. The third kappa shape index (κ3) is 2.72. The Morgan fingerprint density at radius 3 is 2.78 bits per heavy atom. The standard InChI is InChI=1S/C18H25N7O2/c1-11-3-7-24(18(4-5-19)9-27-10-18)8-13(11)25-14(16(21)23-17(25)26)12-2-6-22-15(12)20/h2,6,11,13,22H,3-4,7-10,20-21H2,1H3,(H,23,26). The van der Waals surface area contributed by atoms with Crippen molar-refractivity contribution < 1.29 is 4.74 Å². The number of nitrogens with two attached hydrogens (primary N) is 2. The first-order valence-electron chi connectivity index (χ1n) is 9.20. The average molecular weight is 371 g/mol. The monoisotopic (exact) mass is 371 g/mol. The maximum Gasteiger partial charge on any atom is 0.327 e. The molecule has 2 aliphatic rings. The molecule has 0 aromatic carbocycles. The van der Waals surface area contributed by atoms with Gasteiger partial charge in [0.25, 0.3) is 0 Å². The number of nitriles is 1. The number of nitrogen functional groups attached to an aromatic ring is 2. The molecule has 0 radical (unpaired) electrons. The highest BCUT2D eigenvalue weighted by Crippen LogP contribution is 2.39. The predicted molar refractivity (Wildman–Crippen MR) is 102 cm³/mol. The normalized spacial score (nSPS) is 25.0. The van der Waals surface area contributed by atoms with Gasteiger partial charge in [0.05, 0.1) is 43.0 Å². The van der Waals surface area contributed by atoms with E-state index in [0.717, 1.165) is 13.0 Å². The van der Waals surface area contributed by atoms with Crippen LogP contribution in [0.3, 0.4) is 0 Å². The molecule has 2 aromatic rings. The summed E-state index contributed by atoms with van der Waals surface area (Å²) in [4.78, 5) is 20.7. The van der Waals surface area contributed by atoms with Crippen molar-refractivity contribution in [2.24, 2.45) is 5.92 Å². The van der Waals surface area contributed by atoms with Crippen molar-refractivity contribution in [3.8, 4) is 17.3 Å². The Balaban J connectivity index is 1.74. The molecule has 27 heavy (non-hydrogen) atoms. The highest BCUT2D eigenvalue weighted by molar-refractivity contribution is 5.79. The summed E-state index contributed by atoms with van der Waals surface area (Å²) in [5, 5.41) is 9.25. The van der Waals surface area contributed by atoms with Crippen LogP contribution in [0.4, 0.5) is 11.6 Å². The molecule has 0 aliphatic carbocycles. The van der Waals surface area contributed by atoms with Gasteiger partial charge in [-0.2, -0.15) is 5.26 Å². The van der Waals surface area contributed by atoms with E-state index in [0.29, 0.717) is 49.1 Å². The molecule has 0 spiro atoms. The zero-order chi connectivity index (χ0) is 19.2. The maximum atomic E-state index is 12.8. The lowest BCUT2D eigenvalue weighted by Crippen LogP contribution is -2.65. The lowest BCUT2D eigenvalue weighted by atomic mass is 9.85. The van der Waals surface area contributed by atoms with Crippen molar-refractivity contribution in [1.29, 1.82) is 5.26 Å². The molecule has 9 heteroatoms. The predicted octanol–water partition coefficient (Wildman–Crippen LogP) is 0.901. The number of anilines is 2. The van der Waals surface area contributed by atoms with Crippen molar-refractivity contribution in [3.63, 3.8) is 0 Å². The number of likely N-dealkylation sites (tertiary alicyclic amines) is 1. The summed E-state index contributed by atoms with van der Waals surface area (Å²) in [6, 6.07) is 4.05. The van der Waals surface area contributed by atoms with Crippen LogP contribution in [0.5, 0.6) is 0 Å². The van der Waals surface area contributed by atoms with Gasteiger partial charge in [-0.05, 0) is 24.9 Å². The SMILES string of the molecule is CC1CCN(C2(CC#N)COC2)CC1n1c(-c2cc[nH]c2N)c(N)[nH]c1=O. The molecule has 4 heterocycles. The third-order valence-electron chi connectivity index (χ3n) is 6.06. The van der Waals surface area contributed by atoms with Gasteiger partial charge in [-0.1, -0.05) is 6.92 Å². The van der Waals surface area contributed by atoms with E-state index >= 15 is 0 Å². The summed E-state index contributed by atoms with van der Waals surface area (Å²) in [5.74, 6) is 1.07. The molecule has 2 aromatic heterocycles. The van der Waals surface area contributed by atoms with E-state index in [9.17, 15) is 10.1 Å². The fourth-order valence-corrected chi connectivity index (χ4v) is 4.34. The highest BCUT2D eigenvalue weighted by atomic mass is 16.5. The summed E-state index contributed by atoms with van der Waals surface area (Å²) in [6.45, 7) is 4.82. The molecule has 2 atom stereocenters. The summed E-state index contributed by atoms with van der Waals surface area (Å²) in [7, 11) is 0. The molecule has 4 rings (SSSR count). The van der Waals surface area contributed by atoms with Gasteiger partial charge in [-0.3, -0.25) is 14.5 Å². The van der Waals surface area contributed by atoms with Gasteiger partial charge in [0.1, 0.15) is 11.6 Å². The molecule has 144 valence electrons. The Morgan fingerprint density at radius 1 is 1.41 bits per heavy atom. The number of H-pyrrole nitrogens is 2. The number of nitrogens with one attached hydrogen (secondary N) is 2. The fraction of sp³-hybridized carbons (Fsp3) is 0.556. The Labute approximate surface area is 156 Å². The first-order valence-corrected chi connectivity index (χ1v) is 9.20. The number of aromatic amines is 2. The van der Waals surface area contributed by atoms with Crippen LogP contribution in [0, 0.1) is 17.2 Å². The average Bonchev–Trinajstić information content (AvgIpc) is 3.14. The van der Waals surface area contributed by atoms with E-state index in [4.69, 9.17) is 16.2 Å². The van der Waals surface area contributed by atoms with Gasteiger partial charge in [-0.25, -0.2) is 4.79 Å². The van der Waals surface area contributed by atoms with Crippen LogP contribution >= 0.6 is 0 Å². The minimum atomic E-state index is -0.244. The lowest BCUT2D eigenvalue weighted by Gasteiger charge is -2.52. The topological polar surface area (TPSA) is 142 Å². The minimum absolute atomic E-state index is 0.0692. The van der Waals surface area contributed by atoms with Crippen molar-refractivity contribution in [1.82, 2.24) is 19.4 Å². The third-order valence-corrected chi connectivity index (χ3v) is 6.06. The molecule has 2 aliphatic heterocycles. The Bertz CT molecular complexity index is 930. The highest BCUT2D eigenvalue weighted by Gasteiger charge is 2.47. The molecular weight excluding hydrogens is 346 g/mol. The molecule has 0 amide bonds. The van der Waals surface area contributed by atoms with Crippen LogP contribution in [0.2, 0.25) is 0 Å². The number of hydrogen-bond acceptors (Lipinski definition) is 6. The van der Waals surface area contributed by atoms with Crippen LogP contribution in [-0.2, 0) is 4.74 Å². The number of imidazole rings is 1. The Kier molecular flexibility index (Phi) is 4.25. The number of hydrogen-bond donors (Lipinski definition) is 4. The van der Waals surface area contributed by atoms with Crippen molar-refractivity contribution in [3.05, 3.63) is 22.7 Å². The smallest absolute Gasteiger partial charge is 0.327 e. The van der Waals surface area contributed by atoms with Crippen LogP contribution < -0.4 is 17.2 Å². The van der Waals surface area contributed by atoms with Crippen LogP contribution in [0.25, 0.3) is 11.3 Å². The van der Waals surface area contributed by atoms with E-state index in [1.807, 2.05) is 6.07 Å². The van der Waals surface area contributed by atoms with Gasteiger partial charge in [-0.15, -0.1) is 0 Å². The van der Waals surface area contributed by atoms with Crippen molar-refractivity contribution in [2.75, 3.05) is 37.8 Å². The molecule has 0 saturated carbocycles. The molecule has 2 unspecified atom stereocenters. The zero-order valence-electron chi connectivity index (χ0n) is 15.4. The summed E-state index contributed by atoms with van der Waals surface area (Å²) in [5.41, 5.74) is 13.0. The zero-order valence-corrected chi connectivity index (χ0v) is 15.4. The number of ether oxygens (including phenoxy) is 1.